The van der Waals surface area contributed by atoms with Crippen molar-refractivity contribution in [3.8, 4) is 5.75 Å². The number of likely N-dealkylation sites (tertiary alicyclic amines) is 1. The molecular formula is C24H28FN3O3. The van der Waals surface area contributed by atoms with Crippen LogP contribution in [0.2, 0.25) is 0 Å². The Hall–Kier alpha value is -3.09. The number of halogens is 1. The number of hydrogen-bond donors (Lipinski definition) is 2. The van der Waals surface area contributed by atoms with Crippen LogP contribution in [0.5, 0.6) is 5.75 Å². The summed E-state index contributed by atoms with van der Waals surface area (Å²) in [7, 11) is 0. The van der Waals surface area contributed by atoms with Crippen LogP contribution in [0.4, 0.5) is 9.18 Å². The van der Waals surface area contributed by atoms with Gasteiger partial charge in [-0.3, -0.25) is 4.79 Å². The van der Waals surface area contributed by atoms with Crippen LogP contribution in [0.25, 0.3) is 0 Å². The van der Waals surface area contributed by atoms with E-state index in [0.29, 0.717) is 32.7 Å². The second-order valence-electron chi connectivity index (χ2n) is 8.66. The summed E-state index contributed by atoms with van der Waals surface area (Å²) in [6.07, 6.45) is 2.20. The summed E-state index contributed by atoms with van der Waals surface area (Å²) >= 11 is 0. The summed E-state index contributed by atoms with van der Waals surface area (Å²) in [5.41, 5.74) is 1.26. The van der Waals surface area contributed by atoms with Crippen LogP contribution in [-0.2, 0) is 17.8 Å². The van der Waals surface area contributed by atoms with Crippen LogP contribution in [0, 0.1) is 11.2 Å². The fourth-order valence-electron chi connectivity index (χ4n) is 4.28. The highest BCUT2D eigenvalue weighted by atomic mass is 19.1. The van der Waals surface area contributed by atoms with Gasteiger partial charge in [-0.05, 0) is 55.5 Å². The van der Waals surface area contributed by atoms with Crippen LogP contribution in [-0.4, -0.2) is 42.6 Å². The number of benzene rings is 2. The summed E-state index contributed by atoms with van der Waals surface area (Å²) < 4.78 is 18.8. The molecule has 164 valence electrons. The monoisotopic (exact) mass is 425 g/mol. The van der Waals surface area contributed by atoms with Gasteiger partial charge in [-0.1, -0.05) is 30.3 Å². The number of hydrogen-bond acceptors (Lipinski definition) is 3. The number of ether oxygens (including phenoxy) is 1. The lowest BCUT2D eigenvalue weighted by atomic mass is 9.81. The maximum Gasteiger partial charge on any atom is 0.317 e. The molecule has 1 saturated heterocycles. The fraction of sp³-hybridized carbons (Fsp3) is 0.417. The predicted molar refractivity (Wildman–Crippen MR) is 115 cm³/mol. The van der Waals surface area contributed by atoms with Crippen LogP contribution >= 0.6 is 0 Å². The first-order chi connectivity index (χ1) is 14.9. The summed E-state index contributed by atoms with van der Waals surface area (Å²) in [6.45, 7) is 3.65. The molecule has 2 aliphatic heterocycles. The zero-order chi connectivity index (χ0) is 21.8. The van der Waals surface area contributed by atoms with E-state index in [1.807, 2.05) is 31.2 Å². The molecule has 2 aliphatic rings. The van der Waals surface area contributed by atoms with Gasteiger partial charge in [-0.15, -0.1) is 0 Å². The first-order valence-electron chi connectivity index (χ1n) is 10.7. The number of carbonyl (C=O) groups is 2. The van der Waals surface area contributed by atoms with E-state index in [2.05, 4.69) is 10.6 Å². The van der Waals surface area contributed by atoms with Crippen molar-refractivity contribution in [3.63, 3.8) is 0 Å². The number of fused-ring (bicyclic) bond motifs is 1. The summed E-state index contributed by atoms with van der Waals surface area (Å²) in [4.78, 5) is 27.5. The van der Waals surface area contributed by atoms with Crippen LogP contribution in [0.3, 0.4) is 0 Å². The lowest BCUT2D eigenvalue weighted by molar-refractivity contribution is -0.132. The Balaban J connectivity index is 1.32. The van der Waals surface area contributed by atoms with E-state index < -0.39 is 5.41 Å². The molecule has 0 aliphatic carbocycles. The molecule has 2 heterocycles. The fourth-order valence-corrected chi connectivity index (χ4v) is 4.28. The zero-order valence-electron chi connectivity index (χ0n) is 17.7. The molecule has 2 N–H and O–H groups in total. The molecule has 3 amide bonds. The lowest BCUT2D eigenvalue weighted by Crippen LogP contribution is -2.56. The molecule has 31 heavy (non-hydrogen) atoms. The normalized spacial score (nSPS) is 22.8. The average Bonchev–Trinajstić information content (AvgIpc) is 2.78. The number of amides is 3. The van der Waals surface area contributed by atoms with Crippen molar-refractivity contribution < 1.29 is 18.7 Å². The summed E-state index contributed by atoms with van der Waals surface area (Å²) in [6, 6.07) is 13.7. The molecule has 0 saturated carbocycles. The number of nitrogens with zero attached hydrogens (tertiary/aromatic N) is 1. The maximum atomic E-state index is 13.1. The molecule has 0 aromatic heterocycles. The number of nitrogens with one attached hydrogen (secondary N) is 2. The lowest BCUT2D eigenvalue weighted by Gasteiger charge is -2.40. The maximum absolute atomic E-state index is 13.1. The number of carbonyl (C=O) groups excluding carboxylic acids is 2. The topological polar surface area (TPSA) is 70.7 Å². The minimum Gasteiger partial charge on any atom is -0.491 e. The number of piperidine rings is 1. The van der Waals surface area contributed by atoms with Gasteiger partial charge in [0.1, 0.15) is 18.2 Å². The molecule has 0 spiro atoms. The molecule has 0 bridgehead atoms. The third-order valence-electron chi connectivity index (χ3n) is 6.10. The molecule has 6 nitrogen and oxygen atoms in total. The van der Waals surface area contributed by atoms with Crippen molar-refractivity contribution in [2.75, 3.05) is 19.7 Å². The average molecular weight is 426 g/mol. The Bertz CT molecular complexity index is 949. The van der Waals surface area contributed by atoms with Gasteiger partial charge in [-0.2, -0.15) is 0 Å². The zero-order valence-corrected chi connectivity index (χ0v) is 17.7. The van der Waals surface area contributed by atoms with Gasteiger partial charge in [0, 0.05) is 19.6 Å². The standard InChI is InChI=1S/C24H28FN3O3/c1-24(22(29)26-14-17-7-9-19(25)10-8-17)11-4-12-28(16-24)23(30)27-20-13-18-5-2-3-6-21(18)31-15-20/h2-3,5-10,20H,4,11-16H2,1H3,(H,26,29)(H,27,30)/t20-,24+/m1/s1. The number of rotatable bonds is 4. The Kier molecular flexibility index (Phi) is 6.11. The van der Waals surface area contributed by atoms with E-state index in [1.165, 1.54) is 12.1 Å². The Morgan fingerprint density at radius 3 is 2.77 bits per heavy atom. The van der Waals surface area contributed by atoms with Crippen molar-refractivity contribution in [1.29, 1.82) is 0 Å². The minimum absolute atomic E-state index is 0.0933. The summed E-state index contributed by atoms with van der Waals surface area (Å²) in [5.74, 6) is 0.475. The quantitative estimate of drug-likeness (QED) is 0.790. The van der Waals surface area contributed by atoms with Crippen LogP contribution < -0.4 is 15.4 Å². The molecule has 1 fully saturated rings. The van der Waals surface area contributed by atoms with Crippen molar-refractivity contribution in [3.05, 3.63) is 65.5 Å². The molecule has 7 heteroatoms. The van der Waals surface area contributed by atoms with E-state index in [4.69, 9.17) is 4.74 Å². The van der Waals surface area contributed by atoms with Crippen molar-refractivity contribution in [2.45, 2.75) is 38.8 Å². The van der Waals surface area contributed by atoms with Gasteiger partial charge in [0.15, 0.2) is 0 Å². The molecule has 0 radical (unpaired) electrons. The van der Waals surface area contributed by atoms with E-state index in [0.717, 1.165) is 29.7 Å². The molecule has 2 aromatic rings. The van der Waals surface area contributed by atoms with Gasteiger partial charge in [0.2, 0.25) is 5.91 Å². The Morgan fingerprint density at radius 1 is 1.19 bits per heavy atom. The first kappa shape index (κ1) is 21.2. The number of urea groups is 1. The van der Waals surface area contributed by atoms with Crippen molar-refractivity contribution in [1.82, 2.24) is 15.5 Å². The van der Waals surface area contributed by atoms with Gasteiger partial charge in [-0.25, -0.2) is 9.18 Å². The summed E-state index contributed by atoms with van der Waals surface area (Å²) in [5, 5.41) is 6.00. The van der Waals surface area contributed by atoms with Gasteiger partial charge in [0.25, 0.3) is 0 Å². The van der Waals surface area contributed by atoms with E-state index in [-0.39, 0.29) is 23.8 Å². The van der Waals surface area contributed by atoms with E-state index in [1.54, 1.807) is 17.0 Å². The predicted octanol–water partition coefficient (Wildman–Crippen LogP) is 3.26. The third kappa shape index (κ3) is 4.98. The largest absolute Gasteiger partial charge is 0.491 e. The SMILES string of the molecule is C[C@]1(C(=O)NCc2ccc(F)cc2)CCCN(C(=O)N[C@H]2COc3ccccc3C2)C1. The molecular weight excluding hydrogens is 397 g/mol. The molecule has 0 unspecified atom stereocenters. The Morgan fingerprint density at radius 2 is 1.97 bits per heavy atom. The van der Waals surface area contributed by atoms with Crippen LogP contribution in [0.15, 0.2) is 48.5 Å². The molecule has 2 aromatic carbocycles. The highest BCUT2D eigenvalue weighted by Gasteiger charge is 2.39. The first-order valence-corrected chi connectivity index (χ1v) is 10.7. The highest BCUT2D eigenvalue weighted by Crippen LogP contribution is 2.30. The Labute approximate surface area is 181 Å². The van der Waals surface area contributed by atoms with Crippen molar-refractivity contribution >= 4 is 11.9 Å². The number of para-hydroxylation sites is 1. The highest BCUT2D eigenvalue weighted by molar-refractivity contribution is 5.84. The third-order valence-corrected chi connectivity index (χ3v) is 6.10. The second-order valence-corrected chi connectivity index (χ2v) is 8.66. The smallest absolute Gasteiger partial charge is 0.317 e. The van der Waals surface area contributed by atoms with Crippen LogP contribution in [0.1, 0.15) is 30.9 Å². The van der Waals surface area contributed by atoms with E-state index >= 15 is 0 Å². The van der Waals surface area contributed by atoms with Gasteiger partial charge >= 0.3 is 6.03 Å². The van der Waals surface area contributed by atoms with E-state index in [9.17, 15) is 14.0 Å². The molecule has 2 atom stereocenters. The van der Waals surface area contributed by atoms with Crippen molar-refractivity contribution in [2.24, 2.45) is 5.41 Å². The minimum atomic E-state index is -0.661. The van der Waals surface area contributed by atoms with Gasteiger partial charge in [0.05, 0.1) is 11.5 Å². The second kappa shape index (κ2) is 8.96. The van der Waals surface area contributed by atoms with Gasteiger partial charge < -0.3 is 20.3 Å². The molecule has 4 rings (SSSR count).